The Morgan fingerprint density at radius 3 is 2.33 bits per heavy atom. The molecular weight excluding hydrogens is 182 g/mol. The van der Waals surface area contributed by atoms with E-state index in [1.54, 1.807) is 6.08 Å². The van der Waals surface area contributed by atoms with Crippen LogP contribution in [0.5, 0.6) is 0 Å². The van der Waals surface area contributed by atoms with Crippen LogP contribution in [0.25, 0.3) is 0 Å². The molecule has 2 atom stereocenters. The van der Waals surface area contributed by atoms with Crippen molar-refractivity contribution >= 4 is 0 Å². The van der Waals surface area contributed by atoms with Crippen LogP contribution >= 0.6 is 0 Å². The highest BCUT2D eigenvalue weighted by Gasteiger charge is 2.16. The van der Waals surface area contributed by atoms with Crippen molar-refractivity contribution in [2.24, 2.45) is 0 Å². The minimum Gasteiger partial charge on any atom is -0.363 e. The van der Waals surface area contributed by atoms with Gasteiger partial charge in [0.15, 0.2) is 0 Å². The fourth-order valence-corrected chi connectivity index (χ4v) is 1.58. The van der Waals surface area contributed by atoms with E-state index < -0.39 is 0 Å². The van der Waals surface area contributed by atoms with Crippen molar-refractivity contribution in [1.82, 2.24) is 4.90 Å². The maximum absolute atomic E-state index is 4.02. The third-order valence-electron chi connectivity index (χ3n) is 2.60. The van der Waals surface area contributed by atoms with E-state index in [0.717, 1.165) is 12.1 Å². The summed E-state index contributed by atoms with van der Waals surface area (Å²) in [6, 6.07) is 0.795. The highest BCUT2D eigenvalue weighted by molar-refractivity contribution is 5.15. The molecule has 0 saturated heterocycles. The van der Waals surface area contributed by atoms with Crippen molar-refractivity contribution in [3.8, 4) is 0 Å². The Kier molecular flexibility index (Phi) is 6.52. The molecule has 1 nitrogen and oxygen atoms in total. The molecule has 15 heavy (non-hydrogen) atoms. The van der Waals surface area contributed by atoms with Gasteiger partial charge in [0, 0.05) is 17.8 Å². The van der Waals surface area contributed by atoms with Crippen LogP contribution in [0.1, 0.15) is 27.2 Å². The summed E-state index contributed by atoms with van der Waals surface area (Å²) < 4.78 is 0. The quantitative estimate of drug-likeness (QED) is 0.569. The second-order valence-corrected chi connectivity index (χ2v) is 3.72. The van der Waals surface area contributed by atoms with E-state index >= 15 is 0 Å². The van der Waals surface area contributed by atoms with Gasteiger partial charge in [-0.1, -0.05) is 44.9 Å². The molecule has 0 aliphatic carbocycles. The number of hydrogen-bond donors (Lipinski definition) is 0. The van der Waals surface area contributed by atoms with Crippen LogP contribution in [0.3, 0.4) is 0 Å². The van der Waals surface area contributed by atoms with Crippen molar-refractivity contribution in [1.29, 1.82) is 0 Å². The Balaban J connectivity index is 4.75. The summed E-state index contributed by atoms with van der Waals surface area (Å²) >= 11 is 0. The molecule has 0 rings (SSSR count). The van der Waals surface area contributed by atoms with Gasteiger partial charge in [-0.15, -0.1) is 0 Å². The second kappa shape index (κ2) is 7.10. The molecule has 0 amide bonds. The summed E-state index contributed by atoms with van der Waals surface area (Å²) in [5.41, 5.74) is 0.977. The van der Waals surface area contributed by atoms with Crippen LogP contribution in [-0.2, 0) is 0 Å². The Morgan fingerprint density at radius 2 is 1.93 bits per heavy atom. The van der Waals surface area contributed by atoms with Gasteiger partial charge in [0.1, 0.15) is 0 Å². The summed E-state index contributed by atoms with van der Waals surface area (Å²) in [6.45, 7) is 18.0. The van der Waals surface area contributed by atoms with Gasteiger partial charge in [-0.2, -0.15) is 0 Å². The minimum atomic E-state index is 0.323. The van der Waals surface area contributed by atoms with Crippen molar-refractivity contribution in [3.05, 3.63) is 49.7 Å². The molecule has 0 N–H and O–H groups in total. The van der Waals surface area contributed by atoms with Crippen molar-refractivity contribution < 1.29 is 0 Å². The van der Waals surface area contributed by atoms with E-state index in [1.165, 1.54) is 0 Å². The van der Waals surface area contributed by atoms with Gasteiger partial charge >= 0.3 is 0 Å². The average Bonchev–Trinajstić information content (AvgIpc) is 2.25. The lowest BCUT2D eigenvalue weighted by Gasteiger charge is -2.35. The molecule has 0 spiro atoms. The lowest BCUT2D eigenvalue weighted by Crippen LogP contribution is -2.37. The predicted octanol–water partition coefficient (Wildman–Crippen LogP) is 3.92. The lowest BCUT2D eigenvalue weighted by molar-refractivity contribution is 0.240. The standard InChI is InChI=1S/C14H23N/c1-7-10-11-14(6)15(12(4)8-2)13(5)9-3/h7-8,10-11,13-14H,1-2,4,9H2,3,5-6H3/b11-10-. The van der Waals surface area contributed by atoms with Crippen molar-refractivity contribution in [2.45, 2.75) is 39.3 Å². The first kappa shape index (κ1) is 13.8. The monoisotopic (exact) mass is 205 g/mol. The van der Waals surface area contributed by atoms with Gasteiger partial charge in [0.05, 0.1) is 0 Å². The lowest BCUT2D eigenvalue weighted by atomic mass is 10.1. The highest BCUT2D eigenvalue weighted by Crippen LogP contribution is 2.16. The van der Waals surface area contributed by atoms with Crippen LogP contribution in [0.15, 0.2) is 49.7 Å². The van der Waals surface area contributed by atoms with E-state index in [0.29, 0.717) is 12.1 Å². The van der Waals surface area contributed by atoms with Gasteiger partial charge in [0.2, 0.25) is 0 Å². The maximum atomic E-state index is 4.02. The summed E-state index contributed by atoms with van der Waals surface area (Å²) in [4.78, 5) is 2.27. The molecule has 84 valence electrons. The first-order valence-corrected chi connectivity index (χ1v) is 5.47. The highest BCUT2D eigenvalue weighted by atomic mass is 15.2. The molecular formula is C14H23N. The first-order chi connectivity index (χ1) is 7.08. The fourth-order valence-electron chi connectivity index (χ4n) is 1.58. The zero-order chi connectivity index (χ0) is 11.8. The van der Waals surface area contributed by atoms with Gasteiger partial charge < -0.3 is 4.90 Å². The molecule has 0 bridgehead atoms. The van der Waals surface area contributed by atoms with Crippen molar-refractivity contribution in [3.63, 3.8) is 0 Å². The first-order valence-electron chi connectivity index (χ1n) is 5.47. The zero-order valence-corrected chi connectivity index (χ0v) is 10.2. The summed E-state index contributed by atoms with van der Waals surface area (Å²) in [7, 11) is 0. The van der Waals surface area contributed by atoms with Crippen LogP contribution < -0.4 is 0 Å². The van der Waals surface area contributed by atoms with Crippen LogP contribution in [0, 0.1) is 0 Å². The zero-order valence-electron chi connectivity index (χ0n) is 10.2. The third-order valence-corrected chi connectivity index (χ3v) is 2.60. The summed E-state index contributed by atoms with van der Waals surface area (Å²) in [6.07, 6.45) is 8.79. The van der Waals surface area contributed by atoms with Crippen LogP contribution in [-0.4, -0.2) is 17.0 Å². The van der Waals surface area contributed by atoms with E-state index in [9.17, 15) is 0 Å². The smallest absolute Gasteiger partial charge is 0.0450 e. The van der Waals surface area contributed by atoms with Gasteiger partial charge in [-0.05, 0) is 26.3 Å². The van der Waals surface area contributed by atoms with Crippen molar-refractivity contribution in [2.75, 3.05) is 0 Å². The van der Waals surface area contributed by atoms with Gasteiger partial charge in [0.25, 0.3) is 0 Å². The predicted molar refractivity (Wildman–Crippen MR) is 69.7 cm³/mol. The van der Waals surface area contributed by atoms with Gasteiger partial charge in [-0.3, -0.25) is 0 Å². The fraction of sp³-hybridized carbons (Fsp3) is 0.429. The molecule has 0 aliphatic rings. The molecule has 1 heteroatoms. The number of rotatable bonds is 7. The van der Waals surface area contributed by atoms with Crippen LogP contribution in [0.2, 0.25) is 0 Å². The summed E-state index contributed by atoms with van der Waals surface area (Å²) in [5, 5.41) is 0. The molecule has 0 radical (unpaired) electrons. The summed E-state index contributed by atoms with van der Waals surface area (Å²) in [5.74, 6) is 0. The number of nitrogens with zero attached hydrogens (tertiary/aromatic N) is 1. The second-order valence-electron chi connectivity index (χ2n) is 3.72. The SMILES string of the molecule is C=C/C=C\C(C)N(C(=C)C=C)C(C)CC. The maximum Gasteiger partial charge on any atom is 0.0450 e. The number of allylic oxidation sites excluding steroid dienone is 3. The number of hydrogen-bond acceptors (Lipinski definition) is 1. The minimum absolute atomic E-state index is 0.323. The third kappa shape index (κ3) is 4.20. The molecule has 0 saturated carbocycles. The average molecular weight is 205 g/mol. The molecule has 0 aromatic heterocycles. The molecule has 2 unspecified atom stereocenters. The normalized spacial score (nSPS) is 14.6. The molecule has 0 aliphatic heterocycles. The Bertz CT molecular complexity index is 250. The largest absolute Gasteiger partial charge is 0.363 e. The molecule has 0 aromatic rings. The Labute approximate surface area is 94.5 Å². The van der Waals surface area contributed by atoms with Gasteiger partial charge in [-0.25, -0.2) is 0 Å². The topological polar surface area (TPSA) is 3.24 Å². The van der Waals surface area contributed by atoms with E-state index in [1.807, 2.05) is 12.2 Å². The molecule has 0 heterocycles. The van der Waals surface area contributed by atoms with E-state index in [2.05, 4.69) is 51.5 Å². The molecule has 0 aromatic carbocycles. The van der Waals surface area contributed by atoms with Crippen LogP contribution in [0.4, 0.5) is 0 Å². The van der Waals surface area contributed by atoms with E-state index in [4.69, 9.17) is 0 Å². The Hall–Kier alpha value is -1.24. The van der Waals surface area contributed by atoms with E-state index in [-0.39, 0.29) is 0 Å². The Morgan fingerprint density at radius 1 is 1.33 bits per heavy atom. The molecule has 0 fully saturated rings.